The molecule has 0 aromatic heterocycles. The highest BCUT2D eigenvalue weighted by Gasteiger charge is 2.30. The summed E-state index contributed by atoms with van der Waals surface area (Å²) in [4.78, 5) is 19.3. The average Bonchev–Trinajstić information content (AvgIpc) is 1.98. The molecule has 2 nitrogen and oxygen atoms in total. The van der Waals surface area contributed by atoms with Crippen molar-refractivity contribution >= 4 is 29.9 Å². The molecule has 1 unspecified atom stereocenters. The van der Waals surface area contributed by atoms with Crippen LogP contribution in [0, 0.1) is 0 Å². The van der Waals surface area contributed by atoms with E-state index in [1.807, 2.05) is 0 Å². The topological polar surface area (TPSA) is 37.3 Å². The van der Waals surface area contributed by atoms with Crippen LogP contribution in [-0.4, -0.2) is 21.6 Å². The van der Waals surface area contributed by atoms with E-state index >= 15 is 0 Å². The Morgan fingerprint density at radius 1 is 1.75 bits per heavy atom. The Kier molecular flexibility index (Phi) is 1.66. The fourth-order valence-electron chi connectivity index (χ4n) is 0.553. The van der Waals surface area contributed by atoms with Crippen LogP contribution in [-0.2, 0) is 4.79 Å². The van der Waals surface area contributed by atoms with Crippen LogP contribution >= 0.6 is 19.4 Å². The van der Waals surface area contributed by atoms with Gasteiger partial charge in [0.05, 0.1) is 6.42 Å². The summed E-state index contributed by atoms with van der Waals surface area (Å²) in [6.07, 6.45) is 0.994. The average molecular weight is 152 g/mol. The summed E-state index contributed by atoms with van der Waals surface area (Å²) in [6.45, 7) is 0. The predicted octanol–water partition coefficient (Wildman–Crippen LogP) is 0.717. The molecule has 1 aliphatic rings. The zero-order chi connectivity index (χ0) is 6.15. The molecule has 1 aliphatic heterocycles. The molecule has 4 heteroatoms. The summed E-state index contributed by atoms with van der Waals surface area (Å²) in [6, 6.07) is 0. The third-order valence-corrected chi connectivity index (χ3v) is 3.15. The van der Waals surface area contributed by atoms with Gasteiger partial charge in [0, 0.05) is 0 Å². The van der Waals surface area contributed by atoms with Crippen LogP contribution in [0.4, 0.5) is 0 Å². The van der Waals surface area contributed by atoms with Gasteiger partial charge < -0.3 is 0 Å². The van der Waals surface area contributed by atoms with Gasteiger partial charge in [-0.25, -0.2) is 0 Å². The summed E-state index contributed by atoms with van der Waals surface area (Å²) in [5.74, 6) is -0.0831. The number of Topliss-reactive ketones (excluding diaryl/α,β-unsaturated/α-hetero) is 1. The van der Waals surface area contributed by atoms with Gasteiger partial charge in [-0.2, -0.15) is 4.89 Å². The van der Waals surface area contributed by atoms with Crippen molar-refractivity contribution in [2.75, 3.05) is 6.16 Å². The second kappa shape index (κ2) is 2.14. The second-order valence-corrected chi connectivity index (χ2v) is 3.92. The van der Waals surface area contributed by atoms with E-state index in [4.69, 9.17) is 16.5 Å². The van der Waals surface area contributed by atoms with E-state index < -0.39 is 7.77 Å². The Bertz CT molecular complexity index is 163. The number of carbonyl (C=O) groups is 1. The quantitative estimate of drug-likeness (QED) is 0.518. The van der Waals surface area contributed by atoms with Crippen LogP contribution in [0.1, 0.15) is 6.42 Å². The van der Waals surface area contributed by atoms with E-state index in [9.17, 15) is 4.79 Å². The summed E-state index contributed by atoms with van der Waals surface area (Å²) < 4.78 is 0.167. The lowest BCUT2D eigenvalue weighted by atomic mass is 10.4. The van der Waals surface area contributed by atoms with Crippen molar-refractivity contribution in [3.05, 3.63) is 0 Å². The molecule has 0 bridgehead atoms. The fraction of sp³-hybridized carbons (Fsp3) is 0.500. The van der Waals surface area contributed by atoms with Crippen molar-refractivity contribution < 1.29 is 9.69 Å². The van der Waals surface area contributed by atoms with E-state index in [1.165, 1.54) is 0 Å². The van der Waals surface area contributed by atoms with Crippen molar-refractivity contribution in [3.63, 3.8) is 0 Å². The molecule has 1 N–H and O–H groups in total. The Balaban J connectivity index is 2.86. The zero-order valence-corrected chi connectivity index (χ0v) is 5.75. The van der Waals surface area contributed by atoms with Crippen LogP contribution in [0.25, 0.3) is 0 Å². The lowest BCUT2D eigenvalue weighted by Crippen LogP contribution is -1.98. The van der Waals surface area contributed by atoms with Crippen molar-refractivity contribution in [2.45, 2.75) is 6.42 Å². The maximum Gasteiger partial charge on any atom is 0.284 e. The molecular formula is C4H5ClO2P+. The molecular weight excluding hydrogens is 146 g/mol. The molecule has 0 aromatic carbocycles. The molecule has 44 valence electrons. The van der Waals surface area contributed by atoms with Crippen molar-refractivity contribution in [2.24, 2.45) is 0 Å². The van der Waals surface area contributed by atoms with Crippen LogP contribution in [0.15, 0.2) is 0 Å². The standard InChI is InChI=1S/C4H4ClO2P/c5-4-3(6)1-2-8(4)7/h1-2H2/p+1. The van der Waals surface area contributed by atoms with Crippen LogP contribution in [0.3, 0.4) is 0 Å². The van der Waals surface area contributed by atoms with E-state index in [1.54, 1.807) is 0 Å². The van der Waals surface area contributed by atoms with E-state index in [-0.39, 0.29) is 10.5 Å². The highest BCUT2D eigenvalue weighted by Crippen LogP contribution is 2.29. The minimum atomic E-state index is -1.23. The fourth-order valence-corrected chi connectivity index (χ4v) is 1.91. The van der Waals surface area contributed by atoms with Gasteiger partial charge >= 0.3 is 0 Å². The van der Waals surface area contributed by atoms with Crippen molar-refractivity contribution in [1.82, 2.24) is 0 Å². The molecule has 0 aliphatic carbocycles. The Morgan fingerprint density at radius 3 is 2.50 bits per heavy atom. The van der Waals surface area contributed by atoms with Gasteiger partial charge in [0.2, 0.25) is 5.78 Å². The van der Waals surface area contributed by atoms with Gasteiger partial charge in [0.25, 0.3) is 12.5 Å². The lowest BCUT2D eigenvalue weighted by molar-refractivity contribution is -0.112. The lowest BCUT2D eigenvalue weighted by Gasteiger charge is -1.70. The zero-order valence-electron chi connectivity index (χ0n) is 4.09. The smallest absolute Gasteiger partial charge is 0.284 e. The van der Waals surface area contributed by atoms with E-state index in [0.29, 0.717) is 12.6 Å². The highest BCUT2D eigenvalue weighted by molar-refractivity contribution is 7.61. The molecule has 0 radical (unpaired) electrons. The predicted molar refractivity (Wildman–Crippen MR) is 34.5 cm³/mol. The largest absolute Gasteiger partial charge is 0.289 e. The molecule has 1 heterocycles. The molecule has 0 saturated carbocycles. The van der Waals surface area contributed by atoms with Gasteiger partial charge in [-0.3, -0.25) is 4.79 Å². The molecule has 0 saturated heterocycles. The molecule has 0 aromatic rings. The summed E-state index contributed by atoms with van der Waals surface area (Å²) >= 11 is 5.36. The number of hydrogen-bond donors (Lipinski definition) is 1. The first-order chi connectivity index (χ1) is 3.72. The summed E-state index contributed by atoms with van der Waals surface area (Å²) in [7, 11) is -1.23. The Hall–Kier alpha value is 0.0900. The highest BCUT2D eigenvalue weighted by atomic mass is 35.5. The molecule has 8 heavy (non-hydrogen) atoms. The maximum atomic E-state index is 10.5. The molecule has 1 rings (SSSR count). The normalized spacial score (nSPS) is 25.0. The second-order valence-electron chi connectivity index (χ2n) is 1.59. The first-order valence-corrected chi connectivity index (χ1v) is 4.09. The van der Waals surface area contributed by atoms with Crippen LogP contribution in [0.5, 0.6) is 0 Å². The van der Waals surface area contributed by atoms with E-state index in [2.05, 4.69) is 0 Å². The molecule has 0 fully saturated rings. The van der Waals surface area contributed by atoms with Crippen LogP contribution in [0.2, 0.25) is 0 Å². The number of halogens is 1. The first-order valence-electron chi connectivity index (χ1n) is 2.24. The third kappa shape index (κ3) is 0.921. The maximum absolute atomic E-state index is 10.5. The van der Waals surface area contributed by atoms with Gasteiger partial charge in [0.15, 0.2) is 0 Å². The minimum absolute atomic E-state index is 0.0831. The van der Waals surface area contributed by atoms with Crippen molar-refractivity contribution in [3.8, 4) is 0 Å². The van der Waals surface area contributed by atoms with E-state index in [0.717, 1.165) is 0 Å². The summed E-state index contributed by atoms with van der Waals surface area (Å²) in [5, 5.41) is 0. The van der Waals surface area contributed by atoms with Gasteiger partial charge in [-0.15, -0.1) is 0 Å². The van der Waals surface area contributed by atoms with Gasteiger partial charge in [-0.1, -0.05) is 0 Å². The molecule has 1 atom stereocenters. The van der Waals surface area contributed by atoms with Gasteiger partial charge in [0.1, 0.15) is 6.16 Å². The number of hydrogen-bond acceptors (Lipinski definition) is 2. The third-order valence-electron chi connectivity index (χ3n) is 1.01. The summed E-state index contributed by atoms with van der Waals surface area (Å²) in [5.41, 5.74) is 0. The SMILES string of the molecule is O=C1CC[P+](O)=C1Cl. The number of rotatable bonds is 0. The van der Waals surface area contributed by atoms with Crippen LogP contribution < -0.4 is 0 Å². The Labute approximate surface area is 52.9 Å². The first kappa shape index (κ1) is 6.21. The molecule has 0 spiro atoms. The Morgan fingerprint density at radius 2 is 2.38 bits per heavy atom. The molecule has 0 amide bonds. The minimum Gasteiger partial charge on any atom is -0.289 e. The number of carbonyl (C=O) groups excluding carboxylic acids is 1. The number of ketones is 1. The monoisotopic (exact) mass is 151 g/mol. The van der Waals surface area contributed by atoms with Gasteiger partial charge in [-0.05, 0) is 11.6 Å². The van der Waals surface area contributed by atoms with Crippen molar-refractivity contribution in [1.29, 1.82) is 0 Å².